The Hall–Kier alpha value is -2.05. The Labute approximate surface area is 128 Å². The maximum absolute atomic E-state index is 11.7. The fourth-order valence-corrected chi connectivity index (χ4v) is 1.16. The maximum atomic E-state index is 11.7. The Morgan fingerprint density at radius 3 is 1.77 bits per heavy atom. The molecule has 1 rings (SSSR count). The molecule has 1 amide bonds. The molecule has 1 N–H and O–H groups in total. The van der Waals surface area contributed by atoms with Crippen molar-refractivity contribution in [3.63, 3.8) is 0 Å². The Morgan fingerprint density at radius 2 is 1.50 bits per heavy atom. The molecule has 0 aromatic heterocycles. The number of hydrogen-bond donors (Lipinski definition) is 1. The monoisotopic (exact) mass is 318 g/mol. The largest absolute Gasteiger partial charge is 0.446 e. The first-order valence-electron chi connectivity index (χ1n) is 6.48. The van der Waals surface area contributed by atoms with Crippen molar-refractivity contribution in [2.45, 2.75) is 26.9 Å². The van der Waals surface area contributed by atoms with E-state index >= 15 is 0 Å². The molecule has 22 heavy (non-hydrogen) atoms. The zero-order chi connectivity index (χ0) is 17.6. The fraction of sp³-hybridized carbons (Fsp3) is 0.467. The summed E-state index contributed by atoms with van der Waals surface area (Å²) in [4.78, 5) is 22.5. The summed E-state index contributed by atoms with van der Waals surface area (Å²) >= 11 is 0. The van der Waals surface area contributed by atoms with Crippen LogP contribution in [-0.2, 0) is 9.59 Å². The molecule has 0 bridgehead atoms. The van der Waals surface area contributed by atoms with Crippen molar-refractivity contribution in [3.8, 4) is 0 Å². The molecule has 0 atom stereocenters. The van der Waals surface area contributed by atoms with Crippen molar-refractivity contribution in [2.24, 2.45) is 5.41 Å². The third-order valence-corrected chi connectivity index (χ3v) is 2.46. The van der Waals surface area contributed by atoms with Gasteiger partial charge in [-0.2, -0.15) is 13.2 Å². The molecular weight excluding hydrogens is 297 g/mol. The SMILES string of the molecule is CN(C)c1ccc(NC(=O)C(C)(C)C)cc1.O=CC(F)(F)F. The lowest BCUT2D eigenvalue weighted by Gasteiger charge is -2.18. The lowest BCUT2D eigenvalue weighted by atomic mass is 9.95. The number of benzene rings is 1. The summed E-state index contributed by atoms with van der Waals surface area (Å²) in [6.45, 7) is 5.70. The van der Waals surface area contributed by atoms with Gasteiger partial charge in [0.05, 0.1) is 0 Å². The van der Waals surface area contributed by atoms with Crippen molar-refractivity contribution in [1.29, 1.82) is 0 Å². The summed E-state index contributed by atoms with van der Waals surface area (Å²) in [5, 5.41) is 2.89. The molecule has 124 valence electrons. The second-order valence-corrected chi connectivity index (χ2v) is 5.80. The van der Waals surface area contributed by atoms with E-state index in [2.05, 4.69) is 5.32 Å². The molecule has 0 aliphatic heterocycles. The van der Waals surface area contributed by atoms with Crippen LogP contribution in [0.15, 0.2) is 24.3 Å². The highest BCUT2D eigenvalue weighted by molar-refractivity contribution is 5.94. The molecule has 0 fully saturated rings. The molecule has 4 nitrogen and oxygen atoms in total. The number of halogens is 3. The molecule has 0 saturated carbocycles. The van der Waals surface area contributed by atoms with Crippen molar-refractivity contribution < 1.29 is 22.8 Å². The molecule has 0 saturated heterocycles. The number of hydrogen-bond acceptors (Lipinski definition) is 3. The van der Waals surface area contributed by atoms with Gasteiger partial charge >= 0.3 is 6.18 Å². The van der Waals surface area contributed by atoms with Gasteiger partial charge in [-0.3, -0.25) is 9.59 Å². The fourth-order valence-electron chi connectivity index (χ4n) is 1.16. The van der Waals surface area contributed by atoms with Crippen LogP contribution in [0.4, 0.5) is 24.5 Å². The minimum atomic E-state index is -4.64. The molecule has 7 heteroatoms. The molecular formula is C15H21F3N2O2. The van der Waals surface area contributed by atoms with Gasteiger partial charge in [0.15, 0.2) is 0 Å². The summed E-state index contributed by atoms with van der Waals surface area (Å²) < 4.78 is 31.2. The summed E-state index contributed by atoms with van der Waals surface area (Å²) in [7, 11) is 3.98. The summed E-state index contributed by atoms with van der Waals surface area (Å²) in [5.41, 5.74) is 1.60. The van der Waals surface area contributed by atoms with Crippen LogP contribution in [0.1, 0.15) is 20.8 Å². The molecule has 0 heterocycles. The predicted octanol–water partition coefficient (Wildman–Crippen LogP) is 3.48. The van der Waals surface area contributed by atoms with Gasteiger partial charge in [0.1, 0.15) is 0 Å². The molecule has 0 aliphatic rings. The molecule has 1 aromatic carbocycles. The van der Waals surface area contributed by atoms with Crippen molar-refractivity contribution in [2.75, 3.05) is 24.3 Å². The van der Waals surface area contributed by atoms with E-state index in [9.17, 15) is 18.0 Å². The van der Waals surface area contributed by atoms with E-state index in [1.54, 1.807) is 0 Å². The average molecular weight is 318 g/mol. The number of nitrogens with zero attached hydrogens (tertiary/aromatic N) is 1. The number of amides is 1. The predicted molar refractivity (Wildman–Crippen MR) is 81.0 cm³/mol. The molecule has 1 aromatic rings. The second-order valence-electron chi connectivity index (χ2n) is 5.80. The molecule has 0 radical (unpaired) electrons. The highest BCUT2D eigenvalue weighted by atomic mass is 19.4. The zero-order valence-corrected chi connectivity index (χ0v) is 13.3. The van der Waals surface area contributed by atoms with Gasteiger partial charge in [0, 0.05) is 30.9 Å². The first kappa shape index (κ1) is 19.9. The van der Waals surface area contributed by atoms with Crippen LogP contribution in [0, 0.1) is 5.41 Å². The number of nitrogens with one attached hydrogen (secondary N) is 1. The minimum absolute atomic E-state index is 0.0325. The summed E-state index contributed by atoms with van der Waals surface area (Å²) in [6.07, 6.45) is -5.70. The van der Waals surface area contributed by atoms with E-state index in [1.165, 1.54) is 0 Å². The average Bonchev–Trinajstić information content (AvgIpc) is 2.38. The Balaban J connectivity index is 0.000000626. The van der Waals surface area contributed by atoms with E-state index in [-0.39, 0.29) is 11.3 Å². The number of carbonyl (C=O) groups is 2. The highest BCUT2D eigenvalue weighted by Gasteiger charge is 2.25. The van der Waals surface area contributed by atoms with Crippen LogP contribution < -0.4 is 10.2 Å². The first-order chi connectivity index (χ1) is 9.86. The Kier molecular flexibility index (Phi) is 7.09. The first-order valence-corrected chi connectivity index (χ1v) is 6.48. The van der Waals surface area contributed by atoms with Crippen LogP contribution in [0.25, 0.3) is 0 Å². The Bertz CT molecular complexity index is 489. The van der Waals surface area contributed by atoms with Gasteiger partial charge in [-0.05, 0) is 24.3 Å². The van der Waals surface area contributed by atoms with Crippen LogP contribution in [0.3, 0.4) is 0 Å². The number of carbonyl (C=O) groups excluding carboxylic acids is 2. The molecule has 0 spiro atoms. The van der Waals surface area contributed by atoms with E-state index < -0.39 is 12.5 Å². The van der Waals surface area contributed by atoms with Crippen molar-refractivity contribution in [1.82, 2.24) is 0 Å². The van der Waals surface area contributed by atoms with Crippen LogP contribution in [0.5, 0.6) is 0 Å². The normalized spacial score (nSPS) is 11.1. The van der Waals surface area contributed by atoms with Crippen LogP contribution in [0.2, 0.25) is 0 Å². The number of rotatable bonds is 2. The van der Waals surface area contributed by atoms with Gasteiger partial charge < -0.3 is 10.2 Å². The summed E-state index contributed by atoms with van der Waals surface area (Å²) in [5.74, 6) is 0.0325. The topological polar surface area (TPSA) is 49.4 Å². The standard InChI is InChI=1S/C13H20N2O.C2HF3O/c1-13(2,3)12(16)14-10-6-8-11(9-7-10)15(4)5;3-2(4,5)1-6/h6-9H,1-5H3,(H,14,16);1H. The number of aldehydes is 1. The zero-order valence-electron chi connectivity index (χ0n) is 13.3. The second kappa shape index (κ2) is 7.82. The van der Waals surface area contributed by atoms with Crippen LogP contribution >= 0.6 is 0 Å². The van der Waals surface area contributed by atoms with Crippen molar-refractivity contribution >= 4 is 23.6 Å². The smallest absolute Gasteiger partial charge is 0.378 e. The van der Waals surface area contributed by atoms with Gasteiger partial charge in [0.2, 0.25) is 12.2 Å². The molecule has 0 aliphatic carbocycles. The van der Waals surface area contributed by atoms with Crippen LogP contribution in [-0.4, -0.2) is 32.5 Å². The van der Waals surface area contributed by atoms with E-state index in [0.717, 1.165) is 11.4 Å². The maximum Gasteiger partial charge on any atom is 0.446 e. The number of alkyl halides is 3. The lowest BCUT2D eigenvalue weighted by Crippen LogP contribution is -2.27. The van der Waals surface area contributed by atoms with E-state index in [0.29, 0.717) is 0 Å². The highest BCUT2D eigenvalue weighted by Crippen LogP contribution is 2.19. The van der Waals surface area contributed by atoms with Gasteiger partial charge in [-0.25, -0.2) is 0 Å². The van der Waals surface area contributed by atoms with Crippen molar-refractivity contribution in [3.05, 3.63) is 24.3 Å². The Morgan fingerprint density at radius 1 is 1.09 bits per heavy atom. The van der Waals surface area contributed by atoms with Gasteiger partial charge in [-0.1, -0.05) is 20.8 Å². The third-order valence-electron chi connectivity index (χ3n) is 2.46. The quantitative estimate of drug-likeness (QED) is 0.849. The third kappa shape index (κ3) is 8.28. The molecule has 0 unspecified atom stereocenters. The van der Waals surface area contributed by atoms with E-state index in [4.69, 9.17) is 4.79 Å². The van der Waals surface area contributed by atoms with Gasteiger partial charge in [-0.15, -0.1) is 0 Å². The van der Waals surface area contributed by atoms with Gasteiger partial charge in [0.25, 0.3) is 0 Å². The van der Waals surface area contributed by atoms with E-state index in [1.807, 2.05) is 64.0 Å². The number of anilines is 2. The lowest BCUT2D eigenvalue weighted by molar-refractivity contribution is -0.156. The minimum Gasteiger partial charge on any atom is -0.378 e. The summed E-state index contributed by atoms with van der Waals surface area (Å²) in [6, 6.07) is 7.80.